The van der Waals surface area contributed by atoms with Gasteiger partial charge in [0, 0.05) is 8.59 Å². The van der Waals surface area contributed by atoms with Gasteiger partial charge in [0.15, 0.2) is 0 Å². The van der Waals surface area contributed by atoms with Crippen LogP contribution in [0.2, 0.25) is 5.02 Å². The molecule has 0 saturated carbocycles. The van der Waals surface area contributed by atoms with Gasteiger partial charge in [-0.15, -0.1) is 0 Å². The molecule has 8 heteroatoms. The lowest BCUT2D eigenvalue weighted by Crippen LogP contribution is -2.16. The van der Waals surface area contributed by atoms with Gasteiger partial charge in [0.25, 0.3) is 10.0 Å². The lowest BCUT2D eigenvalue weighted by Gasteiger charge is -2.12. The Labute approximate surface area is 140 Å². The van der Waals surface area contributed by atoms with Gasteiger partial charge in [0.1, 0.15) is 5.82 Å². The molecule has 0 radical (unpaired) electrons. The van der Waals surface area contributed by atoms with Crippen molar-refractivity contribution in [1.82, 2.24) is 0 Å². The molecule has 0 unspecified atom stereocenters. The minimum absolute atomic E-state index is 0.118. The maximum atomic E-state index is 13.3. The largest absolute Gasteiger partial charge is 0.392 e. The number of anilines is 1. The predicted molar refractivity (Wildman–Crippen MR) is 87.3 cm³/mol. The molecule has 21 heavy (non-hydrogen) atoms. The summed E-state index contributed by atoms with van der Waals surface area (Å²) in [4.78, 5) is -0.296. The highest BCUT2D eigenvalue weighted by Gasteiger charge is 2.20. The van der Waals surface area contributed by atoms with Gasteiger partial charge < -0.3 is 5.11 Å². The fraction of sp³-hybridized carbons (Fsp3) is 0.0769. The second-order valence-corrected chi connectivity index (χ2v) is 7.39. The maximum Gasteiger partial charge on any atom is 0.262 e. The zero-order valence-electron chi connectivity index (χ0n) is 10.5. The standard InChI is InChI=1S/C13H10ClFINO3S/c14-9-2-4-12(11(16)5-9)17-21(19,20)13-6-10(15)3-1-8(13)7-18/h1-6,17-18H,7H2. The van der Waals surface area contributed by atoms with Crippen LogP contribution in [0.25, 0.3) is 0 Å². The van der Waals surface area contributed by atoms with Crippen LogP contribution in [0.4, 0.5) is 10.1 Å². The van der Waals surface area contributed by atoms with E-state index in [0.717, 1.165) is 12.1 Å². The number of rotatable bonds is 4. The minimum Gasteiger partial charge on any atom is -0.392 e. The lowest BCUT2D eigenvalue weighted by atomic mass is 10.2. The van der Waals surface area contributed by atoms with E-state index in [-0.39, 0.29) is 10.5 Å². The summed E-state index contributed by atoms with van der Waals surface area (Å²) in [5.41, 5.74) is 0.445. The third-order valence-corrected chi connectivity index (χ3v) is 5.24. The lowest BCUT2D eigenvalue weighted by molar-refractivity contribution is 0.278. The van der Waals surface area contributed by atoms with Gasteiger partial charge in [0.05, 0.1) is 17.2 Å². The van der Waals surface area contributed by atoms with Gasteiger partial charge in [-0.1, -0.05) is 17.7 Å². The van der Waals surface area contributed by atoms with Crippen molar-refractivity contribution in [3.05, 3.63) is 56.4 Å². The highest BCUT2D eigenvalue weighted by atomic mass is 127. The maximum absolute atomic E-state index is 13.3. The van der Waals surface area contributed by atoms with E-state index in [1.165, 1.54) is 12.1 Å². The summed E-state index contributed by atoms with van der Waals surface area (Å²) in [5.74, 6) is -0.696. The fourth-order valence-electron chi connectivity index (χ4n) is 1.68. The Hall–Kier alpha value is -0.900. The third-order valence-electron chi connectivity index (χ3n) is 2.66. The zero-order valence-corrected chi connectivity index (χ0v) is 14.2. The number of aliphatic hydroxyl groups is 1. The molecule has 2 N–H and O–H groups in total. The molecule has 2 rings (SSSR count). The first-order valence-corrected chi connectivity index (χ1v) is 8.64. The summed E-state index contributed by atoms with van der Waals surface area (Å²) in [6.07, 6.45) is 0. The van der Waals surface area contributed by atoms with Gasteiger partial charge in [-0.2, -0.15) is 0 Å². The molecule has 0 heterocycles. The van der Waals surface area contributed by atoms with E-state index in [2.05, 4.69) is 4.72 Å². The van der Waals surface area contributed by atoms with Crippen LogP contribution in [0.15, 0.2) is 41.3 Å². The van der Waals surface area contributed by atoms with Crippen LogP contribution in [-0.2, 0) is 16.6 Å². The number of benzene rings is 2. The average Bonchev–Trinajstić information content (AvgIpc) is 2.42. The molecule has 0 amide bonds. The SMILES string of the molecule is O=S(=O)(Nc1ccc(Cl)cc1I)c1cc(F)ccc1CO. The van der Waals surface area contributed by atoms with E-state index in [1.807, 2.05) is 22.6 Å². The summed E-state index contributed by atoms with van der Waals surface area (Å²) in [5, 5.41) is 9.67. The van der Waals surface area contributed by atoms with Crippen LogP contribution in [0.3, 0.4) is 0 Å². The number of nitrogens with one attached hydrogen (secondary N) is 1. The summed E-state index contributed by atoms with van der Waals surface area (Å²) in [7, 11) is -4.01. The molecular formula is C13H10ClFINO3S. The Morgan fingerprint density at radius 1 is 1.24 bits per heavy atom. The molecule has 0 atom stereocenters. The molecule has 2 aromatic rings. The van der Waals surface area contributed by atoms with Gasteiger partial charge in [-0.05, 0) is 58.5 Å². The predicted octanol–water partition coefficient (Wildman–Crippen LogP) is 3.38. The zero-order chi connectivity index (χ0) is 15.6. The van der Waals surface area contributed by atoms with E-state index in [0.29, 0.717) is 14.3 Å². The fourth-order valence-corrected chi connectivity index (χ4v) is 4.19. The molecule has 0 aliphatic heterocycles. The van der Waals surface area contributed by atoms with Crippen LogP contribution < -0.4 is 4.72 Å². The van der Waals surface area contributed by atoms with Crippen molar-refractivity contribution >= 4 is 49.9 Å². The van der Waals surface area contributed by atoms with Gasteiger partial charge >= 0.3 is 0 Å². The van der Waals surface area contributed by atoms with Crippen molar-refractivity contribution < 1.29 is 17.9 Å². The van der Waals surface area contributed by atoms with Crippen molar-refractivity contribution in [2.75, 3.05) is 4.72 Å². The van der Waals surface area contributed by atoms with Crippen LogP contribution >= 0.6 is 34.2 Å². The van der Waals surface area contributed by atoms with Gasteiger partial charge in [-0.3, -0.25) is 4.72 Å². The number of hydrogen-bond acceptors (Lipinski definition) is 3. The molecule has 0 aliphatic rings. The van der Waals surface area contributed by atoms with Gasteiger partial charge in [0.2, 0.25) is 0 Å². The first-order chi connectivity index (χ1) is 9.83. The molecule has 4 nitrogen and oxygen atoms in total. The highest BCUT2D eigenvalue weighted by molar-refractivity contribution is 14.1. The van der Waals surface area contributed by atoms with Crippen molar-refractivity contribution in [3.63, 3.8) is 0 Å². The van der Waals surface area contributed by atoms with E-state index in [4.69, 9.17) is 11.6 Å². The van der Waals surface area contributed by atoms with Crippen molar-refractivity contribution in [3.8, 4) is 0 Å². The minimum atomic E-state index is -4.01. The van der Waals surface area contributed by atoms with E-state index in [1.54, 1.807) is 12.1 Å². The molecule has 0 fully saturated rings. The van der Waals surface area contributed by atoms with Crippen molar-refractivity contribution in [2.24, 2.45) is 0 Å². The molecule has 0 saturated heterocycles. The summed E-state index contributed by atoms with van der Waals surface area (Å²) in [6, 6.07) is 7.85. The number of hydrogen-bond donors (Lipinski definition) is 2. The Balaban J connectivity index is 2.45. The molecule has 0 aromatic heterocycles. The highest BCUT2D eigenvalue weighted by Crippen LogP contribution is 2.26. The molecule has 0 bridgehead atoms. The number of sulfonamides is 1. The van der Waals surface area contributed by atoms with Crippen molar-refractivity contribution in [1.29, 1.82) is 0 Å². The van der Waals surface area contributed by atoms with E-state index >= 15 is 0 Å². The van der Waals surface area contributed by atoms with Crippen LogP contribution in [-0.4, -0.2) is 13.5 Å². The second-order valence-electron chi connectivity index (χ2n) is 4.14. The molecule has 0 spiro atoms. The Bertz CT molecular complexity index is 783. The van der Waals surface area contributed by atoms with Gasteiger partial charge in [-0.25, -0.2) is 12.8 Å². The molecule has 0 aliphatic carbocycles. The Kier molecular flexibility index (Phi) is 5.07. The van der Waals surface area contributed by atoms with Crippen LogP contribution in [0, 0.1) is 9.39 Å². The third kappa shape index (κ3) is 3.85. The monoisotopic (exact) mass is 441 g/mol. The van der Waals surface area contributed by atoms with E-state index < -0.39 is 22.4 Å². The Morgan fingerprint density at radius 3 is 2.57 bits per heavy atom. The smallest absolute Gasteiger partial charge is 0.262 e. The first kappa shape index (κ1) is 16.5. The summed E-state index contributed by atoms with van der Waals surface area (Å²) < 4.78 is 40.9. The molecular weight excluding hydrogens is 432 g/mol. The summed E-state index contributed by atoms with van der Waals surface area (Å²) in [6.45, 7) is -0.506. The molecule has 112 valence electrons. The first-order valence-electron chi connectivity index (χ1n) is 5.70. The number of aliphatic hydroxyl groups excluding tert-OH is 1. The normalized spacial score (nSPS) is 11.4. The van der Waals surface area contributed by atoms with Crippen LogP contribution in [0.5, 0.6) is 0 Å². The van der Waals surface area contributed by atoms with Crippen LogP contribution in [0.1, 0.15) is 5.56 Å². The van der Waals surface area contributed by atoms with E-state index in [9.17, 15) is 17.9 Å². The average molecular weight is 442 g/mol. The summed E-state index contributed by atoms with van der Waals surface area (Å²) >= 11 is 7.74. The number of halogens is 3. The Morgan fingerprint density at radius 2 is 1.95 bits per heavy atom. The second kappa shape index (κ2) is 6.47. The molecule has 2 aromatic carbocycles. The quantitative estimate of drug-likeness (QED) is 0.715. The topological polar surface area (TPSA) is 66.4 Å². The van der Waals surface area contributed by atoms with Crippen molar-refractivity contribution in [2.45, 2.75) is 11.5 Å².